The molecule has 1 heterocycles. The minimum atomic E-state index is 0.411. The van der Waals surface area contributed by atoms with E-state index in [-0.39, 0.29) is 0 Å². The second-order valence-electron chi connectivity index (χ2n) is 4.64. The van der Waals surface area contributed by atoms with E-state index in [1.54, 1.807) is 0 Å². The van der Waals surface area contributed by atoms with Crippen molar-refractivity contribution in [3.63, 3.8) is 0 Å². The number of ether oxygens (including phenoxy) is 1. The van der Waals surface area contributed by atoms with Gasteiger partial charge in [-0.1, -0.05) is 20.8 Å². The first kappa shape index (κ1) is 13.9. The molecule has 0 radical (unpaired) electrons. The minimum absolute atomic E-state index is 0.411. The van der Waals surface area contributed by atoms with Crippen LogP contribution in [0.25, 0.3) is 0 Å². The van der Waals surface area contributed by atoms with Crippen molar-refractivity contribution in [2.24, 2.45) is 5.92 Å². The van der Waals surface area contributed by atoms with Crippen molar-refractivity contribution >= 4 is 11.8 Å². The monoisotopic (exact) mass is 243 g/mol. The van der Waals surface area contributed by atoms with Crippen LogP contribution in [0.3, 0.4) is 0 Å². The van der Waals surface area contributed by atoms with Gasteiger partial charge in [-0.3, -0.25) is 0 Å². The molecule has 1 unspecified atom stereocenters. The van der Waals surface area contributed by atoms with Crippen LogP contribution < -0.4 is 5.32 Å². The van der Waals surface area contributed by atoms with E-state index in [1.165, 1.54) is 24.4 Å². The van der Waals surface area contributed by atoms with Crippen LogP contribution in [0.4, 0.5) is 0 Å². The summed E-state index contributed by atoms with van der Waals surface area (Å²) in [4.78, 5) is 0. The molecule has 0 aromatic carbocycles. The quantitative estimate of drug-likeness (QED) is 0.742. The molecule has 16 heavy (non-hydrogen) atoms. The van der Waals surface area contributed by atoms with Crippen molar-refractivity contribution in [2.45, 2.75) is 39.7 Å². The standard InChI is InChI=1S/C13H25NOS/c1-4-14-12(10-16-9-11(2)3)13-7-5-6-8-15-13/h7,11-12,14H,4-6,8-10H2,1-3H3. The largest absolute Gasteiger partial charge is 0.497 e. The van der Waals surface area contributed by atoms with Gasteiger partial charge in [0.15, 0.2) is 0 Å². The van der Waals surface area contributed by atoms with Gasteiger partial charge in [-0.15, -0.1) is 0 Å². The molecule has 2 nitrogen and oxygen atoms in total. The molecule has 0 saturated heterocycles. The second kappa shape index (κ2) is 8.02. The predicted molar refractivity (Wildman–Crippen MR) is 72.9 cm³/mol. The van der Waals surface area contributed by atoms with Gasteiger partial charge in [0.1, 0.15) is 5.76 Å². The molecule has 1 aliphatic rings. The Balaban J connectivity index is 2.36. The van der Waals surface area contributed by atoms with E-state index in [0.29, 0.717) is 6.04 Å². The van der Waals surface area contributed by atoms with Crippen molar-refractivity contribution in [3.05, 3.63) is 11.8 Å². The highest BCUT2D eigenvalue weighted by molar-refractivity contribution is 7.99. The van der Waals surface area contributed by atoms with Gasteiger partial charge in [0.25, 0.3) is 0 Å². The van der Waals surface area contributed by atoms with E-state index in [2.05, 4.69) is 32.2 Å². The van der Waals surface area contributed by atoms with Gasteiger partial charge in [-0.25, -0.2) is 0 Å². The predicted octanol–water partition coefficient (Wildman–Crippen LogP) is 3.05. The van der Waals surface area contributed by atoms with E-state index in [1.807, 2.05) is 11.8 Å². The zero-order chi connectivity index (χ0) is 11.8. The summed E-state index contributed by atoms with van der Waals surface area (Å²) < 4.78 is 5.74. The topological polar surface area (TPSA) is 21.3 Å². The number of hydrogen-bond acceptors (Lipinski definition) is 3. The summed E-state index contributed by atoms with van der Waals surface area (Å²) in [6.45, 7) is 8.59. The fourth-order valence-corrected chi connectivity index (χ4v) is 2.85. The molecule has 0 fully saturated rings. The molecule has 0 aliphatic carbocycles. The Morgan fingerprint density at radius 2 is 2.25 bits per heavy atom. The van der Waals surface area contributed by atoms with Gasteiger partial charge >= 0.3 is 0 Å². The third-order valence-corrected chi connectivity index (χ3v) is 3.96. The molecule has 0 spiro atoms. The van der Waals surface area contributed by atoms with Crippen LogP contribution in [-0.2, 0) is 4.74 Å². The van der Waals surface area contributed by atoms with Gasteiger partial charge < -0.3 is 10.1 Å². The average Bonchev–Trinajstić information content (AvgIpc) is 2.29. The molecular formula is C13H25NOS. The van der Waals surface area contributed by atoms with Crippen LogP contribution in [0.2, 0.25) is 0 Å². The van der Waals surface area contributed by atoms with Crippen molar-refractivity contribution in [3.8, 4) is 0 Å². The summed E-state index contributed by atoms with van der Waals surface area (Å²) in [6.07, 6.45) is 4.60. The number of nitrogens with one attached hydrogen (secondary N) is 1. The lowest BCUT2D eigenvalue weighted by molar-refractivity contribution is 0.172. The van der Waals surface area contributed by atoms with E-state index in [4.69, 9.17) is 4.74 Å². The molecule has 1 atom stereocenters. The highest BCUT2D eigenvalue weighted by Gasteiger charge is 2.16. The Morgan fingerprint density at radius 3 is 2.81 bits per heavy atom. The number of rotatable bonds is 7. The van der Waals surface area contributed by atoms with Gasteiger partial charge in [0, 0.05) is 5.75 Å². The van der Waals surface area contributed by atoms with E-state index >= 15 is 0 Å². The van der Waals surface area contributed by atoms with Crippen LogP contribution in [0.1, 0.15) is 33.6 Å². The zero-order valence-electron chi connectivity index (χ0n) is 10.8. The van der Waals surface area contributed by atoms with Crippen LogP contribution in [0.5, 0.6) is 0 Å². The molecule has 0 saturated carbocycles. The van der Waals surface area contributed by atoms with Crippen LogP contribution in [0.15, 0.2) is 11.8 Å². The third-order valence-electron chi connectivity index (χ3n) is 2.49. The van der Waals surface area contributed by atoms with Gasteiger partial charge in [-0.2, -0.15) is 11.8 Å². The molecule has 0 aromatic heterocycles. The lowest BCUT2D eigenvalue weighted by Crippen LogP contribution is -2.35. The highest BCUT2D eigenvalue weighted by atomic mass is 32.2. The van der Waals surface area contributed by atoms with E-state index < -0.39 is 0 Å². The van der Waals surface area contributed by atoms with Gasteiger partial charge in [-0.05, 0) is 37.1 Å². The normalized spacial score (nSPS) is 18.1. The van der Waals surface area contributed by atoms with Crippen molar-refractivity contribution < 1.29 is 4.74 Å². The molecule has 3 heteroatoms. The SMILES string of the molecule is CCNC(CSCC(C)C)C1=CCCCO1. The zero-order valence-corrected chi connectivity index (χ0v) is 11.6. The third kappa shape index (κ3) is 5.26. The fourth-order valence-electron chi connectivity index (χ4n) is 1.73. The van der Waals surface area contributed by atoms with E-state index in [9.17, 15) is 0 Å². The average molecular weight is 243 g/mol. The first-order valence-electron chi connectivity index (χ1n) is 6.38. The lowest BCUT2D eigenvalue weighted by Gasteiger charge is -2.24. The summed E-state index contributed by atoms with van der Waals surface area (Å²) in [6, 6.07) is 0.411. The maximum Gasteiger partial charge on any atom is 0.110 e. The Kier molecular flexibility index (Phi) is 6.97. The number of likely N-dealkylation sites (N-methyl/N-ethyl adjacent to an activating group) is 1. The summed E-state index contributed by atoms with van der Waals surface area (Å²) in [7, 11) is 0. The Labute approximate surface area is 104 Å². The van der Waals surface area contributed by atoms with Crippen LogP contribution >= 0.6 is 11.8 Å². The van der Waals surface area contributed by atoms with Crippen LogP contribution in [0, 0.1) is 5.92 Å². The van der Waals surface area contributed by atoms with Crippen molar-refractivity contribution in [1.82, 2.24) is 5.32 Å². The maximum absolute atomic E-state index is 5.74. The number of thioether (sulfide) groups is 1. The molecule has 0 amide bonds. The Morgan fingerprint density at radius 1 is 1.44 bits per heavy atom. The fraction of sp³-hybridized carbons (Fsp3) is 0.846. The molecular weight excluding hydrogens is 218 g/mol. The Hall–Kier alpha value is -0.150. The molecule has 1 aliphatic heterocycles. The summed E-state index contributed by atoms with van der Waals surface area (Å²) in [5.74, 6) is 4.30. The van der Waals surface area contributed by atoms with Crippen molar-refractivity contribution in [2.75, 3.05) is 24.7 Å². The van der Waals surface area contributed by atoms with Gasteiger partial charge in [0.05, 0.1) is 12.6 Å². The first-order valence-corrected chi connectivity index (χ1v) is 7.53. The smallest absolute Gasteiger partial charge is 0.110 e. The number of hydrogen-bond donors (Lipinski definition) is 1. The molecule has 0 aromatic rings. The summed E-state index contributed by atoms with van der Waals surface area (Å²) in [5.41, 5.74) is 0. The number of allylic oxidation sites excluding steroid dienone is 1. The lowest BCUT2D eigenvalue weighted by atomic mass is 10.1. The van der Waals surface area contributed by atoms with Gasteiger partial charge in [0.2, 0.25) is 0 Å². The molecule has 94 valence electrons. The highest BCUT2D eigenvalue weighted by Crippen LogP contribution is 2.18. The first-order chi connectivity index (χ1) is 7.74. The molecule has 1 rings (SSSR count). The maximum atomic E-state index is 5.74. The summed E-state index contributed by atoms with van der Waals surface area (Å²) >= 11 is 2.02. The minimum Gasteiger partial charge on any atom is -0.497 e. The molecule has 0 bridgehead atoms. The molecule has 1 N–H and O–H groups in total. The summed E-state index contributed by atoms with van der Waals surface area (Å²) in [5, 5.41) is 3.51. The Bertz CT molecular complexity index is 216. The van der Waals surface area contributed by atoms with Crippen LogP contribution in [-0.4, -0.2) is 30.7 Å². The second-order valence-corrected chi connectivity index (χ2v) is 5.71. The van der Waals surface area contributed by atoms with Crippen molar-refractivity contribution in [1.29, 1.82) is 0 Å². The van der Waals surface area contributed by atoms with E-state index in [0.717, 1.165) is 24.8 Å².